The van der Waals surface area contributed by atoms with E-state index < -0.39 is 24.0 Å². The molecule has 7 heteroatoms. The summed E-state index contributed by atoms with van der Waals surface area (Å²) in [6, 6.07) is 5.66. The Hall–Kier alpha value is -1.76. The highest BCUT2D eigenvalue weighted by molar-refractivity contribution is 5.67. The molecule has 0 saturated heterocycles. The molecular formula is C15H20F3NO3. The monoisotopic (exact) mass is 319 g/mol. The van der Waals surface area contributed by atoms with Crippen molar-refractivity contribution in [1.82, 2.24) is 5.32 Å². The predicted molar refractivity (Wildman–Crippen MR) is 75.3 cm³/mol. The van der Waals surface area contributed by atoms with E-state index in [2.05, 4.69) is 10.1 Å². The molecule has 0 aliphatic rings. The average Bonchev–Trinajstić information content (AvgIpc) is 2.35. The van der Waals surface area contributed by atoms with Crippen LogP contribution in [0, 0.1) is 0 Å². The second-order valence-electron chi connectivity index (χ2n) is 5.75. The first-order valence-corrected chi connectivity index (χ1v) is 6.68. The molecule has 1 aromatic carbocycles. The second kappa shape index (κ2) is 7.00. The van der Waals surface area contributed by atoms with Crippen LogP contribution in [-0.2, 0) is 16.0 Å². The van der Waals surface area contributed by atoms with Gasteiger partial charge in [0.1, 0.15) is 5.60 Å². The van der Waals surface area contributed by atoms with Crippen LogP contribution in [0.2, 0.25) is 0 Å². The molecule has 0 bridgehead atoms. The zero-order valence-electron chi connectivity index (χ0n) is 13.0. The van der Waals surface area contributed by atoms with E-state index in [-0.39, 0.29) is 12.1 Å². The predicted octanol–water partition coefficient (Wildman–Crippen LogP) is 3.96. The number of carbonyl (C=O) groups excluding carboxylic acids is 1. The van der Waals surface area contributed by atoms with Crippen molar-refractivity contribution >= 4 is 6.09 Å². The number of ether oxygens (including phenoxy) is 2. The topological polar surface area (TPSA) is 47.6 Å². The summed E-state index contributed by atoms with van der Waals surface area (Å²) >= 11 is 0. The highest BCUT2D eigenvalue weighted by atomic mass is 19.4. The van der Waals surface area contributed by atoms with Gasteiger partial charge in [0.05, 0.1) is 0 Å². The number of hydrogen-bond acceptors (Lipinski definition) is 3. The van der Waals surface area contributed by atoms with Gasteiger partial charge < -0.3 is 14.8 Å². The number of carbonyl (C=O) groups is 1. The zero-order chi connectivity index (χ0) is 17.0. The Balaban J connectivity index is 2.64. The normalized spacial score (nSPS) is 13.6. The van der Waals surface area contributed by atoms with Crippen molar-refractivity contribution in [3.05, 3.63) is 35.4 Å². The maximum atomic E-state index is 12.7. The number of hydrogen-bond donors (Lipinski definition) is 1. The van der Waals surface area contributed by atoms with Crippen LogP contribution in [-0.4, -0.2) is 25.0 Å². The maximum Gasteiger partial charge on any atom is 0.418 e. The molecule has 0 aliphatic heterocycles. The van der Waals surface area contributed by atoms with E-state index in [1.807, 2.05) is 0 Å². The summed E-state index contributed by atoms with van der Waals surface area (Å²) in [5, 5.41) is 2.53. The fraction of sp³-hybridized carbons (Fsp3) is 0.533. The Morgan fingerprint density at radius 3 is 2.14 bits per heavy atom. The lowest BCUT2D eigenvalue weighted by atomic mass is 10.1. The Morgan fingerprint density at radius 2 is 1.73 bits per heavy atom. The molecule has 1 unspecified atom stereocenters. The van der Waals surface area contributed by atoms with Gasteiger partial charge in [-0.15, -0.1) is 0 Å². The molecule has 0 radical (unpaired) electrons. The van der Waals surface area contributed by atoms with Crippen LogP contribution in [0.3, 0.4) is 0 Å². The number of benzene rings is 1. The molecule has 1 aromatic rings. The molecule has 0 spiro atoms. The van der Waals surface area contributed by atoms with Crippen LogP contribution >= 0.6 is 0 Å². The molecule has 0 heterocycles. The molecule has 0 fully saturated rings. The summed E-state index contributed by atoms with van der Waals surface area (Å²) < 4.78 is 47.7. The highest BCUT2D eigenvalue weighted by Crippen LogP contribution is 2.35. The van der Waals surface area contributed by atoms with Crippen LogP contribution in [0.15, 0.2) is 24.3 Å². The van der Waals surface area contributed by atoms with Crippen LogP contribution in [0.1, 0.15) is 38.0 Å². The van der Waals surface area contributed by atoms with Gasteiger partial charge in [-0.2, -0.15) is 13.2 Å². The molecule has 124 valence electrons. The standard InChI is InChI=1S/C15H20F3NO3/c1-14(2,3)22-13(20)19-9-10-5-7-11(8-6-10)12(21-4)15(16,17)18/h5-8,12H,9H2,1-4H3,(H,19,20). The van der Waals surface area contributed by atoms with E-state index in [4.69, 9.17) is 4.74 Å². The summed E-state index contributed by atoms with van der Waals surface area (Å²) in [5.74, 6) is 0. The van der Waals surface area contributed by atoms with Crippen molar-refractivity contribution in [1.29, 1.82) is 0 Å². The van der Waals surface area contributed by atoms with Gasteiger partial charge >= 0.3 is 12.3 Å². The van der Waals surface area contributed by atoms with Crippen LogP contribution in [0.4, 0.5) is 18.0 Å². The SMILES string of the molecule is COC(c1ccc(CNC(=O)OC(C)(C)C)cc1)C(F)(F)F. The highest BCUT2D eigenvalue weighted by Gasteiger charge is 2.41. The fourth-order valence-corrected chi connectivity index (χ4v) is 1.76. The molecule has 0 saturated carbocycles. The lowest BCUT2D eigenvalue weighted by Gasteiger charge is -2.20. The number of amides is 1. The van der Waals surface area contributed by atoms with Gasteiger partial charge in [-0.25, -0.2) is 4.79 Å². The summed E-state index contributed by atoms with van der Waals surface area (Å²) in [5.41, 5.74) is 0.0643. The van der Waals surface area contributed by atoms with E-state index in [1.165, 1.54) is 24.3 Å². The Bertz CT molecular complexity index is 492. The number of nitrogens with one attached hydrogen (secondary N) is 1. The van der Waals surface area contributed by atoms with E-state index in [1.54, 1.807) is 20.8 Å². The Kier molecular flexibility index (Phi) is 5.82. The third-order valence-electron chi connectivity index (χ3n) is 2.65. The summed E-state index contributed by atoms with van der Waals surface area (Å²) in [7, 11) is 1.01. The Morgan fingerprint density at radius 1 is 1.18 bits per heavy atom. The number of methoxy groups -OCH3 is 1. The van der Waals surface area contributed by atoms with Gasteiger partial charge in [-0.3, -0.25) is 0 Å². The van der Waals surface area contributed by atoms with Gasteiger partial charge in [0, 0.05) is 13.7 Å². The van der Waals surface area contributed by atoms with Crippen LogP contribution in [0.25, 0.3) is 0 Å². The van der Waals surface area contributed by atoms with Gasteiger partial charge in [0.15, 0.2) is 6.10 Å². The van der Waals surface area contributed by atoms with Crippen molar-refractivity contribution in [2.24, 2.45) is 0 Å². The van der Waals surface area contributed by atoms with E-state index >= 15 is 0 Å². The molecule has 0 aliphatic carbocycles. The minimum absolute atomic E-state index is 0.0102. The van der Waals surface area contributed by atoms with Crippen LogP contribution in [0.5, 0.6) is 0 Å². The summed E-state index contributed by atoms with van der Waals surface area (Å²) in [6.45, 7) is 5.38. The largest absolute Gasteiger partial charge is 0.444 e. The molecule has 22 heavy (non-hydrogen) atoms. The van der Waals surface area contributed by atoms with Gasteiger partial charge in [-0.05, 0) is 31.9 Å². The van der Waals surface area contributed by atoms with Crippen LogP contribution < -0.4 is 5.32 Å². The lowest BCUT2D eigenvalue weighted by Crippen LogP contribution is -2.32. The molecular weight excluding hydrogens is 299 g/mol. The average molecular weight is 319 g/mol. The number of rotatable bonds is 4. The maximum absolute atomic E-state index is 12.7. The summed E-state index contributed by atoms with van der Waals surface area (Å²) in [6.07, 6.45) is -7.01. The minimum Gasteiger partial charge on any atom is -0.444 e. The summed E-state index contributed by atoms with van der Waals surface area (Å²) in [4.78, 5) is 11.5. The van der Waals surface area contributed by atoms with Crippen molar-refractivity contribution in [3.8, 4) is 0 Å². The third-order valence-corrected chi connectivity index (χ3v) is 2.65. The van der Waals surface area contributed by atoms with Crippen molar-refractivity contribution in [2.45, 2.75) is 45.2 Å². The first kappa shape index (κ1) is 18.3. The number of alkyl halides is 3. The number of alkyl carbamates (subject to hydrolysis) is 1. The van der Waals surface area contributed by atoms with Gasteiger partial charge in [0.25, 0.3) is 0 Å². The van der Waals surface area contributed by atoms with Crippen molar-refractivity contribution in [2.75, 3.05) is 7.11 Å². The smallest absolute Gasteiger partial charge is 0.418 e. The molecule has 1 atom stereocenters. The number of halogens is 3. The van der Waals surface area contributed by atoms with Crippen molar-refractivity contribution in [3.63, 3.8) is 0 Å². The second-order valence-corrected chi connectivity index (χ2v) is 5.75. The quantitative estimate of drug-likeness (QED) is 0.914. The minimum atomic E-state index is -4.47. The molecule has 1 rings (SSSR count). The van der Waals surface area contributed by atoms with Crippen molar-refractivity contribution < 1.29 is 27.4 Å². The van der Waals surface area contributed by atoms with E-state index in [9.17, 15) is 18.0 Å². The first-order chi connectivity index (χ1) is 10.0. The Labute approximate surface area is 127 Å². The van der Waals surface area contributed by atoms with E-state index in [0.717, 1.165) is 7.11 Å². The van der Waals surface area contributed by atoms with Gasteiger partial charge in [-0.1, -0.05) is 24.3 Å². The third kappa shape index (κ3) is 5.93. The zero-order valence-corrected chi connectivity index (χ0v) is 13.0. The lowest BCUT2D eigenvalue weighted by molar-refractivity contribution is -0.215. The molecule has 4 nitrogen and oxygen atoms in total. The molecule has 0 aromatic heterocycles. The molecule has 1 N–H and O–H groups in total. The molecule has 1 amide bonds. The fourth-order valence-electron chi connectivity index (χ4n) is 1.76. The van der Waals surface area contributed by atoms with Gasteiger partial charge in [0.2, 0.25) is 0 Å². The first-order valence-electron chi connectivity index (χ1n) is 6.68. The van der Waals surface area contributed by atoms with E-state index in [0.29, 0.717) is 5.56 Å².